The number of aromatic nitrogens is 3. The Balaban J connectivity index is 2.34. The summed E-state index contributed by atoms with van der Waals surface area (Å²) in [5.74, 6) is 0. The first-order valence-electron chi connectivity index (χ1n) is 4.79. The molecule has 1 unspecified atom stereocenters. The van der Waals surface area contributed by atoms with Crippen LogP contribution >= 0.6 is 0 Å². The van der Waals surface area contributed by atoms with Crippen molar-refractivity contribution in [1.29, 1.82) is 0 Å². The molecule has 4 nitrogen and oxygen atoms in total. The summed E-state index contributed by atoms with van der Waals surface area (Å²) in [5.41, 5.74) is 3.76. The normalized spacial score (nSPS) is 12.7. The number of nitrogens with one attached hydrogen (secondary N) is 1. The van der Waals surface area contributed by atoms with Gasteiger partial charge in [-0.05, 0) is 30.5 Å². The number of H-pyrrole nitrogens is 1. The van der Waals surface area contributed by atoms with Gasteiger partial charge in [0.2, 0.25) is 0 Å². The van der Waals surface area contributed by atoms with E-state index in [2.05, 4.69) is 15.4 Å². The van der Waals surface area contributed by atoms with Crippen molar-refractivity contribution in [2.75, 3.05) is 0 Å². The molecule has 0 amide bonds. The third kappa shape index (κ3) is 1.89. The zero-order valence-corrected chi connectivity index (χ0v) is 8.73. The second kappa shape index (κ2) is 3.82. The molecule has 0 saturated heterocycles. The van der Waals surface area contributed by atoms with E-state index >= 15 is 0 Å². The van der Waals surface area contributed by atoms with E-state index in [0.717, 1.165) is 11.1 Å². The molecule has 15 heavy (non-hydrogen) atoms. The maximum atomic E-state index is 9.97. The van der Waals surface area contributed by atoms with Gasteiger partial charge in [0.15, 0.2) is 0 Å². The predicted molar refractivity (Wildman–Crippen MR) is 56.4 cm³/mol. The van der Waals surface area contributed by atoms with Crippen LogP contribution in [0.3, 0.4) is 0 Å². The molecule has 2 rings (SSSR count). The Morgan fingerprint density at radius 1 is 1.27 bits per heavy atom. The maximum absolute atomic E-state index is 9.97. The number of aliphatic hydroxyl groups excluding tert-OH is 1. The molecule has 2 N–H and O–H groups in total. The van der Waals surface area contributed by atoms with Gasteiger partial charge in [0, 0.05) is 0 Å². The van der Waals surface area contributed by atoms with Gasteiger partial charge in [0.25, 0.3) is 0 Å². The molecular formula is C11H13N3O. The number of hydrogen-bond acceptors (Lipinski definition) is 3. The number of aryl methyl sites for hydroxylation is 2. The number of aliphatic hydroxyl groups is 1. The summed E-state index contributed by atoms with van der Waals surface area (Å²) in [4.78, 5) is 0. The minimum absolute atomic E-state index is 0.540. The van der Waals surface area contributed by atoms with Gasteiger partial charge in [-0.2, -0.15) is 15.4 Å². The smallest absolute Gasteiger partial charge is 0.124 e. The molecule has 2 aromatic rings. The molecule has 4 heteroatoms. The van der Waals surface area contributed by atoms with Crippen molar-refractivity contribution in [2.24, 2.45) is 0 Å². The molecule has 1 heterocycles. The van der Waals surface area contributed by atoms with E-state index in [1.54, 1.807) is 0 Å². The van der Waals surface area contributed by atoms with Crippen LogP contribution in [0.2, 0.25) is 0 Å². The van der Waals surface area contributed by atoms with E-state index in [1.165, 1.54) is 11.8 Å². The highest BCUT2D eigenvalue weighted by Gasteiger charge is 2.13. The van der Waals surface area contributed by atoms with Gasteiger partial charge >= 0.3 is 0 Å². The highest BCUT2D eigenvalue weighted by Crippen LogP contribution is 2.21. The maximum Gasteiger partial charge on any atom is 0.124 e. The molecule has 0 radical (unpaired) electrons. The fourth-order valence-corrected chi connectivity index (χ4v) is 1.45. The number of hydrogen-bond donors (Lipinski definition) is 2. The van der Waals surface area contributed by atoms with Crippen molar-refractivity contribution >= 4 is 0 Å². The first-order valence-corrected chi connectivity index (χ1v) is 4.79. The first-order chi connectivity index (χ1) is 7.18. The molecule has 0 spiro atoms. The van der Waals surface area contributed by atoms with E-state index < -0.39 is 6.10 Å². The molecule has 0 fully saturated rings. The highest BCUT2D eigenvalue weighted by molar-refractivity contribution is 5.33. The SMILES string of the molecule is Cc1ccc(C(O)c2cn[nH]n2)cc1C. The quantitative estimate of drug-likeness (QED) is 0.777. The molecule has 78 valence electrons. The molecular weight excluding hydrogens is 190 g/mol. The van der Waals surface area contributed by atoms with Gasteiger partial charge in [-0.15, -0.1) is 0 Å². The Kier molecular flexibility index (Phi) is 2.51. The monoisotopic (exact) mass is 203 g/mol. The Bertz CT molecular complexity index is 451. The van der Waals surface area contributed by atoms with E-state index in [0.29, 0.717) is 5.69 Å². The van der Waals surface area contributed by atoms with E-state index in [4.69, 9.17) is 0 Å². The van der Waals surface area contributed by atoms with Crippen LogP contribution in [0, 0.1) is 13.8 Å². The molecule has 0 aliphatic carbocycles. The molecule has 1 aromatic carbocycles. The fourth-order valence-electron chi connectivity index (χ4n) is 1.45. The van der Waals surface area contributed by atoms with Crippen LogP contribution < -0.4 is 0 Å². The number of rotatable bonds is 2. The van der Waals surface area contributed by atoms with Crippen molar-refractivity contribution in [3.05, 3.63) is 46.8 Å². The predicted octanol–water partition coefficient (Wildman–Crippen LogP) is 1.50. The van der Waals surface area contributed by atoms with Gasteiger partial charge in [0.05, 0.1) is 6.20 Å². The van der Waals surface area contributed by atoms with Crippen LogP contribution in [0.1, 0.15) is 28.5 Å². The van der Waals surface area contributed by atoms with Crippen molar-refractivity contribution in [1.82, 2.24) is 15.4 Å². The summed E-state index contributed by atoms with van der Waals surface area (Å²) in [6.45, 7) is 4.07. The molecule has 1 aromatic heterocycles. The molecule has 0 bridgehead atoms. The van der Waals surface area contributed by atoms with Crippen LogP contribution in [0.5, 0.6) is 0 Å². The van der Waals surface area contributed by atoms with Crippen LogP contribution in [-0.2, 0) is 0 Å². The molecule has 0 saturated carbocycles. The lowest BCUT2D eigenvalue weighted by Crippen LogP contribution is -2.01. The van der Waals surface area contributed by atoms with Crippen LogP contribution in [0.25, 0.3) is 0 Å². The minimum atomic E-state index is -0.706. The summed E-state index contributed by atoms with van der Waals surface area (Å²) >= 11 is 0. The summed E-state index contributed by atoms with van der Waals surface area (Å²) in [6, 6.07) is 5.87. The zero-order chi connectivity index (χ0) is 10.8. The highest BCUT2D eigenvalue weighted by atomic mass is 16.3. The average Bonchev–Trinajstić information content (AvgIpc) is 2.74. The topological polar surface area (TPSA) is 61.8 Å². The van der Waals surface area contributed by atoms with Gasteiger partial charge in [-0.1, -0.05) is 18.2 Å². The van der Waals surface area contributed by atoms with Crippen molar-refractivity contribution in [3.8, 4) is 0 Å². The Hall–Kier alpha value is -1.68. The van der Waals surface area contributed by atoms with Crippen LogP contribution in [0.15, 0.2) is 24.4 Å². The average molecular weight is 203 g/mol. The van der Waals surface area contributed by atoms with Gasteiger partial charge < -0.3 is 5.11 Å². The number of aromatic amines is 1. The lowest BCUT2D eigenvalue weighted by molar-refractivity contribution is 0.215. The Morgan fingerprint density at radius 2 is 2.07 bits per heavy atom. The summed E-state index contributed by atoms with van der Waals surface area (Å²) in [6.07, 6.45) is 0.822. The second-order valence-electron chi connectivity index (χ2n) is 3.64. The lowest BCUT2D eigenvalue weighted by atomic mass is 10.0. The summed E-state index contributed by atoms with van der Waals surface area (Å²) in [5, 5.41) is 20.0. The van der Waals surface area contributed by atoms with Crippen molar-refractivity contribution < 1.29 is 5.11 Å². The van der Waals surface area contributed by atoms with Crippen molar-refractivity contribution in [3.63, 3.8) is 0 Å². The molecule has 0 aliphatic rings. The molecule has 1 atom stereocenters. The minimum Gasteiger partial charge on any atom is -0.382 e. The zero-order valence-electron chi connectivity index (χ0n) is 8.73. The first kappa shape index (κ1) is 9.86. The third-order valence-electron chi connectivity index (χ3n) is 2.56. The largest absolute Gasteiger partial charge is 0.382 e. The lowest BCUT2D eigenvalue weighted by Gasteiger charge is -2.09. The van der Waals surface area contributed by atoms with E-state index in [9.17, 15) is 5.11 Å². The fraction of sp³-hybridized carbons (Fsp3) is 0.273. The number of benzene rings is 1. The van der Waals surface area contributed by atoms with E-state index in [1.807, 2.05) is 32.0 Å². The van der Waals surface area contributed by atoms with Crippen LogP contribution in [-0.4, -0.2) is 20.5 Å². The number of nitrogens with zero attached hydrogens (tertiary/aromatic N) is 2. The van der Waals surface area contributed by atoms with Gasteiger partial charge in [-0.25, -0.2) is 0 Å². The second-order valence-corrected chi connectivity index (χ2v) is 3.64. The van der Waals surface area contributed by atoms with Crippen LogP contribution in [0.4, 0.5) is 0 Å². The Labute approximate surface area is 88.0 Å². The third-order valence-corrected chi connectivity index (χ3v) is 2.56. The van der Waals surface area contributed by atoms with Gasteiger partial charge in [0.1, 0.15) is 11.8 Å². The standard InChI is InChI=1S/C11H13N3O/c1-7-3-4-9(5-8(7)2)11(15)10-6-12-14-13-10/h3-6,11,15H,1-2H3,(H,12,13,14). The molecule has 0 aliphatic heterocycles. The summed E-state index contributed by atoms with van der Waals surface area (Å²) < 4.78 is 0. The summed E-state index contributed by atoms with van der Waals surface area (Å²) in [7, 11) is 0. The van der Waals surface area contributed by atoms with E-state index in [-0.39, 0.29) is 0 Å². The Morgan fingerprint density at radius 3 is 2.67 bits per heavy atom. The van der Waals surface area contributed by atoms with Gasteiger partial charge in [-0.3, -0.25) is 0 Å². The van der Waals surface area contributed by atoms with Crippen molar-refractivity contribution in [2.45, 2.75) is 20.0 Å².